The van der Waals surface area contributed by atoms with Crippen molar-refractivity contribution in [2.75, 3.05) is 13.2 Å². The maximum atomic E-state index is 12.4. The SMILES string of the molecule is CCCCCCCCCCCCCCCC/C=C/C(O)C(CO)NC(=O)CCC/C=C\CCCCCCOC(=O)CCCCCCCCCCCCCCC. The van der Waals surface area contributed by atoms with Crippen molar-refractivity contribution >= 4 is 11.9 Å². The van der Waals surface area contributed by atoms with Crippen LogP contribution in [0.4, 0.5) is 0 Å². The molecule has 0 aromatic carbocycles. The standard InChI is InChI=1S/C49H93NO5/c1-3-5-7-9-11-13-15-17-18-19-21-22-25-29-33-37-41-47(52)46(45-51)50-48(53)42-38-34-30-26-24-28-32-36-40-44-55-49(54)43-39-35-31-27-23-20-16-14-12-10-8-6-4-2/h26,30,37,41,46-47,51-52H,3-25,27-29,31-36,38-40,42-45H2,1-2H3,(H,50,53)/b30-26-,41-37+. The first-order valence-electron chi connectivity index (χ1n) is 24.1. The van der Waals surface area contributed by atoms with Gasteiger partial charge in [-0.25, -0.2) is 0 Å². The zero-order chi connectivity index (χ0) is 40.1. The van der Waals surface area contributed by atoms with Gasteiger partial charge in [-0.2, -0.15) is 0 Å². The van der Waals surface area contributed by atoms with E-state index in [1.165, 1.54) is 154 Å². The van der Waals surface area contributed by atoms with Gasteiger partial charge in [0.15, 0.2) is 0 Å². The second-order valence-electron chi connectivity index (χ2n) is 16.4. The van der Waals surface area contributed by atoms with E-state index >= 15 is 0 Å². The van der Waals surface area contributed by atoms with E-state index in [1.807, 2.05) is 6.08 Å². The maximum absolute atomic E-state index is 12.4. The van der Waals surface area contributed by atoms with Crippen LogP contribution in [0, 0.1) is 0 Å². The molecule has 3 N–H and O–H groups in total. The number of hydrogen-bond acceptors (Lipinski definition) is 5. The predicted octanol–water partition coefficient (Wildman–Crippen LogP) is 14.0. The van der Waals surface area contributed by atoms with Crippen molar-refractivity contribution < 1.29 is 24.5 Å². The van der Waals surface area contributed by atoms with Gasteiger partial charge in [0.1, 0.15) is 0 Å². The van der Waals surface area contributed by atoms with Crippen LogP contribution in [0.15, 0.2) is 24.3 Å². The van der Waals surface area contributed by atoms with Crippen molar-refractivity contribution in [3.05, 3.63) is 24.3 Å². The Morgan fingerprint density at radius 2 is 0.873 bits per heavy atom. The summed E-state index contributed by atoms with van der Waals surface area (Å²) in [6.45, 7) is 4.81. The third kappa shape index (κ3) is 41.8. The summed E-state index contributed by atoms with van der Waals surface area (Å²) in [4.78, 5) is 24.4. The third-order valence-corrected chi connectivity index (χ3v) is 11.0. The summed E-state index contributed by atoms with van der Waals surface area (Å²) >= 11 is 0. The van der Waals surface area contributed by atoms with E-state index in [0.717, 1.165) is 70.6 Å². The van der Waals surface area contributed by atoms with Gasteiger partial charge in [-0.05, 0) is 51.4 Å². The first-order valence-corrected chi connectivity index (χ1v) is 24.1. The molecule has 6 heteroatoms. The molecule has 55 heavy (non-hydrogen) atoms. The van der Waals surface area contributed by atoms with Crippen molar-refractivity contribution in [2.45, 2.75) is 264 Å². The number of esters is 1. The molecule has 0 rings (SSSR count). The Balaban J connectivity index is 3.59. The van der Waals surface area contributed by atoms with Crippen LogP contribution >= 0.6 is 0 Å². The number of hydrogen-bond donors (Lipinski definition) is 3. The smallest absolute Gasteiger partial charge is 0.305 e. The minimum absolute atomic E-state index is 0.0369. The number of allylic oxidation sites excluding steroid dienone is 3. The molecule has 0 saturated carbocycles. The highest BCUT2D eigenvalue weighted by Crippen LogP contribution is 2.15. The minimum atomic E-state index is -0.874. The molecule has 0 aliphatic rings. The summed E-state index contributed by atoms with van der Waals surface area (Å²) in [5.41, 5.74) is 0. The summed E-state index contributed by atoms with van der Waals surface area (Å²) in [6.07, 6.45) is 51.7. The lowest BCUT2D eigenvalue weighted by Crippen LogP contribution is -2.45. The van der Waals surface area contributed by atoms with Crippen LogP contribution < -0.4 is 5.32 Å². The number of carbonyl (C=O) groups is 2. The number of aliphatic hydroxyl groups is 2. The van der Waals surface area contributed by atoms with Crippen LogP contribution in [0.5, 0.6) is 0 Å². The fourth-order valence-corrected chi connectivity index (χ4v) is 7.22. The molecule has 0 spiro atoms. The average Bonchev–Trinajstić information content (AvgIpc) is 3.18. The number of amides is 1. The molecule has 0 aliphatic heterocycles. The summed E-state index contributed by atoms with van der Waals surface area (Å²) in [7, 11) is 0. The highest BCUT2D eigenvalue weighted by molar-refractivity contribution is 5.76. The molecule has 324 valence electrons. The Bertz CT molecular complexity index is 858. The van der Waals surface area contributed by atoms with E-state index in [-0.39, 0.29) is 18.5 Å². The topological polar surface area (TPSA) is 95.9 Å². The highest BCUT2D eigenvalue weighted by atomic mass is 16.5. The van der Waals surface area contributed by atoms with Crippen LogP contribution in [-0.2, 0) is 14.3 Å². The first-order chi connectivity index (χ1) is 27.0. The first kappa shape index (κ1) is 53.3. The lowest BCUT2D eigenvalue weighted by molar-refractivity contribution is -0.143. The molecular weight excluding hydrogens is 683 g/mol. The largest absolute Gasteiger partial charge is 0.466 e. The van der Waals surface area contributed by atoms with Gasteiger partial charge in [-0.1, -0.05) is 212 Å². The van der Waals surface area contributed by atoms with E-state index in [2.05, 4.69) is 31.3 Å². The molecule has 0 aromatic rings. The zero-order valence-electron chi connectivity index (χ0n) is 36.7. The molecule has 0 aliphatic carbocycles. The number of rotatable bonds is 44. The van der Waals surface area contributed by atoms with Crippen molar-refractivity contribution in [3.8, 4) is 0 Å². The third-order valence-electron chi connectivity index (χ3n) is 11.0. The highest BCUT2D eigenvalue weighted by Gasteiger charge is 2.17. The summed E-state index contributed by atoms with van der Waals surface area (Å²) in [5.74, 6) is -0.165. The van der Waals surface area contributed by atoms with E-state index in [0.29, 0.717) is 19.4 Å². The van der Waals surface area contributed by atoms with Gasteiger partial charge in [0.05, 0.1) is 25.4 Å². The monoisotopic (exact) mass is 776 g/mol. The number of unbranched alkanes of at least 4 members (excludes halogenated alkanes) is 31. The lowest BCUT2D eigenvalue weighted by Gasteiger charge is -2.19. The Morgan fingerprint density at radius 3 is 1.33 bits per heavy atom. The van der Waals surface area contributed by atoms with Crippen molar-refractivity contribution in [2.24, 2.45) is 0 Å². The molecule has 6 nitrogen and oxygen atoms in total. The Hall–Kier alpha value is -1.66. The minimum Gasteiger partial charge on any atom is -0.466 e. The van der Waals surface area contributed by atoms with Gasteiger partial charge < -0.3 is 20.3 Å². The number of nitrogens with one attached hydrogen (secondary N) is 1. The van der Waals surface area contributed by atoms with Gasteiger partial charge in [-0.3, -0.25) is 9.59 Å². The Labute approximate surface area is 341 Å². The summed E-state index contributed by atoms with van der Waals surface area (Å²) in [5, 5.41) is 23.0. The van der Waals surface area contributed by atoms with Gasteiger partial charge in [0, 0.05) is 12.8 Å². The van der Waals surface area contributed by atoms with Gasteiger partial charge in [0.2, 0.25) is 5.91 Å². The molecule has 0 bridgehead atoms. The van der Waals surface area contributed by atoms with E-state index in [9.17, 15) is 19.8 Å². The van der Waals surface area contributed by atoms with Crippen LogP contribution in [0.1, 0.15) is 251 Å². The summed E-state index contributed by atoms with van der Waals surface area (Å²) < 4.78 is 5.43. The quantitative estimate of drug-likeness (QED) is 0.0325. The second kappa shape index (κ2) is 45.0. The van der Waals surface area contributed by atoms with Crippen LogP contribution in [-0.4, -0.2) is 47.4 Å². The molecular formula is C49H93NO5. The van der Waals surface area contributed by atoms with E-state index in [1.54, 1.807) is 6.08 Å². The number of aliphatic hydroxyl groups excluding tert-OH is 2. The van der Waals surface area contributed by atoms with Gasteiger partial charge in [-0.15, -0.1) is 0 Å². The molecule has 0 aromatic heterocycles. The van der Waals surface area contributed by atoms with Gasteiger partial charge >= 0.3 is 5.97 Å². The molecule has 0 saturated heterocycles. The Kier molecular flexibility index (Phi) is 43.7. The predicted molar refractivity (Wildman–Crippen MR) is 236 cm³/mol. The molecule has 0 radical (unpaired) electrons. The van der Waals surface area contributed by atoms with Crippen molar-refractivity contribution in [1.82, 2.24) is 5.32 Å². The fraction of sp³-hybridized carbons (Fsp3) is 0.878. The van der Waals surface area contributed by atoms with Gasteiger partial charge in [0.25, 0.3) is 0 Å². The number of ether oxygens (including phenoxy) is 1. The number of carbonyl (C=O) groups excluding carboxylic acids is 2. The molecule has 2 atom stereocenters. The van der Waals surface area contributed by atoms with Crippen LogP contribution in [0.3, 0.4) is 0 Å². The van der Waals surface area contributed by atoms with Crippen LogP contribution in [0.25, 0.3) is 0 Å². The molecule has 0 heterocycles. The van der Waals surface area contributed by atoms with Crippen LogP contribution in [0.2, 0.25) is 0 Å². The molecule has 0 fully saturated rings. The lowest BCUT2D eigenvalue weighted by atomic mass is 10.0. The normalized spacial score (nSPS) is 12.9. The molecule has 2 unspecified atom stereocenters. The van der Waals surface area contributed by atoms with E-state index < -0.39 is 12.1 Å². The molecule has 1 amide bonds. The fourth-order valence-electron chi connectivity index (χ4n) is 7.22. The second-order valence-corrected chi connectivity index (χ2v) is 16.4. The zero-order valence-corrected chi connectivity index (χ0v) is 36.7. The maximum Gasteiger partial charge on any atom is 0.305 e. The van der Waals surface area contributed by atoms with E-state index in [4.69, 9.17) is 4.74 Å². The Morgan fingerprint density at radius 1 is 0.491 bits per heavy atom. The van der Waals surface area contributed by atoms with Crippen molar-refractivity contribution in [1.29, 1.82) is 0 Å². The summed E-state index contributed by atoms with van der Waals surface area (Å²) in [6, 6.07) is -0.664. The van der Waals surface area contributed by atoms with Crippen molar-refractivity contribution in [3.63, 3.8) is 0 Å². The average molecular weight is 776 g/mol.